The maximum atomic E-state index is 13.3. The third-order valence-corrected chi connectivity index (χ3v) is 7.47. The number of carbonyl (C=O) groups is 1. The molecule has 0 aliphatic carbocycles. The van der Waals surface area contributed by atoms with Crippen molar-refractivity contribution in [2.45, 2.75) is 45.1 Å². The van der Waals surface area contributed by atoms with Gasteiger partial charge in [-0.3, -0.25) is 9.48 Å². The van der Waals surface area contributed by atoms with Crippen molar-refractivity contribution in [2.75, 3.05) is 26.3 Å². The molecule has 2 saturated heterocycles. The number of hydrogen-bond donors (Lipinski definition) is 1. The highest BCUT2D eigenvalue weighted by atomic mass is 32.2. The van der Waals surface area contributed by atoms with Gasteiger partial charge >= 0.3 is 5.97 Å². The minimum absolute atomic E-state index is 0.0440. The van der Waals surface area contributed by atoms with E-state index in [2.05, 4.69) is 5.10 Å². The Kier molecular flexibility index (Phi) is 4.45. The first-order valence-electron chi connectivity index (χ1n) is 8.48. The highest BCUT2D eigenvalue weighted by Crippen LogP contribution is 2.44. The molecule has 2 atom stereocenters. The van der Waals surface area contributed by atoms with Gasteiger partial charge in [-0.25, -0.2) is 8.42 Å². The minimum atomic E-state index is -3.81. The van der Waals surface area contributed by atoms with E-state index in [0.29, 0.717) is 24.4 Å². The van der Waals surface area contributed by atoms with Crippen molar-refractivity contribution in [1.29, 1.82) is 0 Å². The van der Waals surface area contributed by atoms with Crippen molar-refractivity contribution in [3.05, 3.63) is 11.4 Å². The summed E-state index contributed by atoms with van der Waals surface area (Å²) in [5, 5.41) is 14.1. The first kappa shape index (κ1) is 18.3. The Morgan fingerprint density at radius 1 is 1.40 bits per heavy atom. The fraction of sp³-hybridized carbons (Fsp3) is 0.750. The van der Waals surface area contributed by atoms with Crippen LogP contribution in [0.2, 0.25) is 0 Å². The number of fused-ring (bicyclic) bond motifs is 1. The second-order valence-electron chi connectivity index (χ2n) is 7.34. The molecule has 2 aliphatic heterocycles. The molecule has 1 N–H and O–H groups in total. The van der Waals surface area contributed by atoms with Gasteiger partial charge in [0.15, 0.2) is 0 Å². The second kappa shape index (κ2) is 6.07. The summed E-state index contributed by atoms with van der Waals surface area (Å²) in [7, 11) is -3.81. The van der Waals surface area contributed by atoms with Crippen molar-refractivity contribution in [3.63, 3.8) is 0 Å². The first-order chi connectivity index (χ1) is 11.6. The van der Waals surface area contributed by atoms with E-state index in [-0.39, 0.29) is 36.6 Å². The Morgan fingerprint density at radius 2 is 2.08 bits per heavy atom. The molecule has 2 fully saturated rings. The lowest BCUT2D eigenvalue weighted by Gasteiger charge is -2.34. The zero-order chi connectivity index (χ0) is 18.6. The number of rotatable bonds is 4. The van der Waals surface area contributed by atoms with Gasteiger partial charge in [0.25, 0.3) is 0 Å². The van der Waals surface area contributed by atoms with Gasteiger partial charge in [0.05, 0.1) is 18.0 Å². The van der Waals surface area contributed by atoms with E-state index >= 15 is 0 Å². The highest BCUT2D eigenvalue weighted by molar-refractivity contribution is 7.89. The van der Waals surface area contributed by atoms with Crippen LogP contribution in [0.25, 0.3) is 0 Å². The molecule has 1 aromatic heterocycles. The van der Waals surface area contributed by atoms with Crippen molar-refractivity contribution in [3.8, 4) is 0 Å². The van der Waals surface area contributed by atoms with Crippen LogP contribution < -0.4 is 0 Å². The number of nitrogens with zero attached hydrogens (tertiary/aromatic N) is 3. The average molecular weight is 371 g/mol. The summed E-state index contributed by atoms with van der Waals surface area (Å²) in [5.74, 6) is -1.21. The number of aromatic nitrogens is 2. The molecular formula is C16H25N3O5S. The van der Waals surface area contributed by atoms with E-state index in [1.54, 1.807) is 18.5 Å². The van der Waals surface area contributed by atoms with Crippen LogP contribution in [0.5, 0.6) is 0 Å². The van der Waals surface area contributed by atoms with Gasteiger partial charge in [-0.2, -0.15) is 9.40 Å². The van der Waals surface area contributed by atoms with E-state index < -0.39 is 21.4 Å². The summed E-state index contributed by atoms with van der Waals surface area (Å²) in [4.78, 5) is 12.1. The predicted molar refractivity (Wildman–Crippen MR) is 89.8 cm³/mol. The lowest BCUT2D eigenvalue weighted by molar-refractivity contribution is -0.159. The number of aliphatic carboxylic acids is 1. The molecule has 1 aromatic rings. The Balaban J connectivity index is 2.01. The van der Waals surface area contributed by atoms with Crippen LogP contribution in [-0.2, 0) is 19.6 Å². The van der Waals surface area contributed by atoms with E-state index in [0.717, 1.165) is 0 Å². The third-order valence-electron chi connectivity index (χ3n) is 5.41. The molecule has 0 radical (unpaired) electrons. The van der Waals surface area contributed by atoms with Crippen molar-refractivity contribution < 1.29 is 23.1 Å². The number of carboxylic acid groups (broad SMARTS) is 1. The Hall–Kier alpha value is -1.45. The Bertz CT molecular complexity index is 801. The quantitative estimate of drug-likeness (QED) is 0.853. The maximum absolute atomic E-state index is 13.3. The Labute approximate surface area is 147 Å². The fourth-order valence-electron chi connectivity index (χ4n) is 4.08. The third kappa shape index (κ3) is 2.69. The van der Waals surface area contributed by atoms with Crippen LogP contribution in [-0.4, -0.2) is 59.9 Å². The number of hydrogen-bond acceptors (Lipinski definition) is 5. The van der Waals surface area contributed by atoms with Gasteiger partial charge in [0, 0.05) is 25.7 Å². The largest absolute Gasteiger partial charge is 0.481 e. The smallest absolute Gasteiger partial charge is 0.313 e. The molecule has 3 heterocycles. The molecule has 0 bridgehead atoms. The fourth-order valence-corrected chi connectivity index (χ4v) is 6.00. The summed E-state index contributed by atoms with van der Waals surface area (Å²) >= 11 is 0. The van der Waals surface area contributed by atoms with Crippen molar-refractivity contribution >= 4 is 16.0 Å². The summed E-state index contributed by atoms with van der Waals surface area (Å²) in [5.41, 5.74) is -0.119. The molecule has 3 rings (SSSR count). The van der Waals surface area contributed by atoms with Crippen LogP contribution in [0.3, 0.4) is 0 Å². The molecule has 25 heavy (non-hydrogen) atoms. The molecule has 2 aliphatic rings. The minimum Gasteiger partial charge on any atom is -0.481 e. The summed E-state index contributed by atoms with van der Waals surface area (Å²) in [6, 6.07) is 0.0440. The van der Waals surface area contributed by atoms with Gasteiger partial charge in [-0.15, -0.1) is 0 Å². The van der Waals surface area contributed by atoms with Crippen LogP contribution >= 0.6 is 0 Å². The molecular weight excluding hydrogens is 346 g/mol. The molecule has 0 unspecified atom stereocenters. The van der Waals surface area contributed by atoms with Gasteiger partial charge in [-0.1, -0.05) is 0 Å². The van der Waals surface area contributed by atoms with E-state index in [4.69, 9.17) is 4.74 Å². The SMILES string of the molecule is Cc1nn(C(C)C)c(C)c1S(=O)(=O)N1C[C@@H]2CCOC[C@]2(C(=O)O)C1. The van der Waals surface area contributed by atoms with Gasteiger partial charge in [0.2, 0.25) is 10.0 Å². The van der Waals surface area contributed by atoms with Gasteiger partial charge in [-0.05, 0) is 40.0 Å². The van der Waals surface area contributed by atoms with Crippen molar-refractivity contribution in [2.24, 2.45) is 11.3 Å². The molecule has 9 heteroatoms. The van der Waals surface area contributed by atoms with Crippen molar-refractivity contribution in [1.82, 2.24) is 14.1 Å². The average Bonchev–Trinajstić information content (AvgIpc) is 3.06. The zero-order valence-corrected chi connectivity index (χ0v) is 15.8. The van der Waals surface area contributed by atoms with Crippen LogP contribution in [0.1, 0.15) is 37.7 Å². The molecule has 0 spiro atoms. The number of sulfonamides is 1. The predicted octanol–water partition coefficient (Wildman–Crippen LogP) is 1.19. The van der Waals surface area contributed by atoms with Crippen LogP contribution in [0.15, 0.2) is 4.90 Å². The zero-order valence-electron chi connectivity index (χ0n) is 15.0. The van der Waals surface area contributed by atoms with E-state index in [1.165, 1.54) is 4.31 Å². The normalized spacial score (nSPS) is 27.6. The molecule has 0 amide bonds. The second-order valence-corrected chi connectivity index (χ2v) is 9.21. The van der Waals surface area contributed by atoms with Gasteiger partial charge < -0.3 is 9.84 Å². The Morgan fingerprint density at radius 3 is 2.60 bits per heavy atom. The first-order valence-corrected chi connectivity index (χ1v) is 9.92. The van der Waals surface area contributed by atoms with Crippen LogP contribution in [0, 0.1) is 25.2 Å². The molecule has 8 nitrogen and oxygen atoms in total. The van der Waals surface area contributed by atoms with E-state index in [9.17, 15) is 18.3 Å². The van der Waals surface area contributed by atoms with E-state index in [1.807, 2.05) is 13.8 Å². The molecule has 0 aromatic carbocycles. The summed E-state index contributed by atoms with van der Waals surface area (Å²) in [6.07, 6.45) is 0.557. The standard InChI is InChI=1S/C16H25N3O5S/c1-10(2)19-12(4)14(11(3)17-19)25(22,23)18-7-13-5-6-24-9-16(13,8-18)15(20)21/h10,13H,5-9H2,1-4H3,(H,20,21)/t13-,16+/m0/s1. The summed E-state index contributed by atoms with van der Waals surface area (Å²) in [6.45, 7) is 7.99. The summed E-state index contributed by atoms with van der Waals surface area (Å²) < 4.78 is 34.9. The number of ether oxygens (including phenoxy) is 1. The monoisotopic (exact) mass is 371 g/mol. The molecule has 140 valence electrons. The lowest BCUT2D eigenvalue weighted by Crippen LogP contribution is -2.46. The number of carboxylic acids is 1. The van der Waals surface area contributed by atoms with Crippen LogP contribution in [0.4, 0.5) is 0 Å². The molecule has 0 saturated carbocycles. The number of aryl methyl sites for hydroxylation is 1. The topological polar surface area (TPSA) is 102 Å². The highest BCUT2D eigenvalue weighted by Gasteiger charge is 2.57. The lowest BCUT2D eigenvalue weighted by atomic mass is 9.76. The maximum Gasteiger partial charge on any atom is 0.313 e. The van der Waals surface area contributed by atoms with Gasteiger partial charge in [0.1, 0.15) is 10.3 Å².